The zero-order valence-electron chi connectivity index (χ0n) is 7.44. The van der Waals surface area contributed by atoms with Crippen LogP contribution in [0.4, 0.5) is 10.1 Å². The molecule has 5 nitrogen and oxygen atoms in total. The Morgan fingerprint density at radius 1 is 1.47 bits per heavy atom. The van der Waals surface area contributed by atoms with Gasteiger partial charge in [0.2, 0.25) is 5.71 Å². The Bertz CT molecular complexity index is 434. The summed E-state index contributed by atoms with van der Waals surface area (Å²) in [6.07, 6.45) is 0. The van der Waals surface area contributed by atoms with Crippen LogP contribution in [0, 0.1) is 17.1 Å². The molecule has 0 aliphatic rings. The summed E-state index contributed by atoms with van der Waals surface area (Å²) in [6, 6.07) is 6.34. The van der Waals surface area contributed by atoms with Gasteiger partial charge in [-0.3, -0.25) is 4.79 Å². The molecule has 1 aromatic rings. The lowest BCUT2D eigenvalue weighted by atomic mass is 10.3. The third kappa shape index (κ3) is 2.77. The molecule has 0 saturated heterocycles. The number of hydrogen-bond acceptors (Lipinski definition) is 4. The minimum absolute atomic E-state index is 0.304. The van der Waals surface area contributed by atoms with Gasteiger partial charge >= 0.3 is 0 Å². The fourth-order valence-electron chi connectivity index (χ4n) is 0.842. The Kier molecular flexibility index (Phi) is 3.35. The second-order valence-corrected chi connectivity index (χ2v) is 2.52. The number of carbonyl (C=O) groups is 1. The van der Waals surface area contributed by atoms with Crippen LogP contribution in [0.5, 0.6) is 0 Å². The summed E-state index contributed by atoms with van der Waals surface area (Å²) in [5, 5.41) is 21.4. The molecule has 0 aromatic heterocycles. The molecule has 0 unspecified atom stereocenters. The van der Waals surface area contributed by atoms with Crippen LogP contribution in [0.25, 0.3) is 0 Å². The van der Waals surface area contributed by atoms with E-state index in [0.717, 1.165) is 12.1 Å². The zero-order valence-corrected chi connectivity index (χ0v) is 7.44. The lowest BCUT2D eigenvalue weighted by molar-refractivity contribution is -0.110. The Hall–Kier alpha value is -2.42. The molecule has 1 rings (SSSR count). The van der Waals surface area contributed by atoms with Gasteiger partial charge in [0.25, 0.3) is 5.91 Å². The molecule has 1 aromatic carbocycles. The van der Waals surface area contributed by atoms with E-state index < -0.39 is 17.4 Å². The van der Waals surface area contributed by atoms with E-state index in [2.05, 4.69) is 10.5 Å². The zero-order chi connectivity index (χ0) is 11.3. The molecule has 15 heavy (non-hydrogen) atoms. The van der Waals surface area contributed by atoms with Crippen molar-refractivity contribution in [2.24, 2.45) is 5.16 Å². The summed E-state index contributed by atoms with van der Waals surface area (Å²) in [7, 11) is 0. The van der Waals surface area contributed by atoms with E-state index in [4.69, 9.17) is 10.5 Å². The van der Waals surface area contributed by atoms with Crippen molar-refractivity contribution in [3.63, 3.8) is 0 Å². The van der Waals surface area contributed by atoms with E-state index in [0.29, 0.717) is 5.69 Å². The van der Waals surface area contributed by atoms with Gasteiger partial charge in [-0.1, -0.05) is 5.16 Å². The molecule has 0 bridgehead atoms. The smallest absolute Gasteiger partial charge is 0.288 e. The number of oxime groups is 1. The number of nitrogens with one attached hydrogen (secondary N) is 1. The number of carbonyl (C=O) groups excluding carboxylic acids is 1. The van der Waals surface area contributed by atoms with E-state index in [1.54, 1.807) is 0 Å². The Morgan fingerprint density at radius 3 is 2.53 bits per heavy atom. The van der Waals surface area contributed by atoms with Crippen LogP contribution in [0.1, 0.15) is 0 Å². The number of rotatable bonds is 2. The van der Waals surface area contributed by atoms with Gasteiger partial charge < -0.3 is 10.5 Å². The molecular weight excluding hydrogens is 201 g/mol. The van der Waals surface area contributed by atoms with Crippen LogP contribution in [0.2, 0.25) is 0 Å². The summed E-state index contributed by atoms with van der Waals surface area (Å²) in [4.78, 5) is 11.1. The lowest BCUT2D eigenvalue weighted by Gasteiger charge is -2.01. The molecule has 76 valence electrons. The SMILES string of the molecule is N#C/C(=N/O)C(=O)Nc1ccc(F)cc1. The average Bonchev–Trinajstić information content (AvgIpc) is 2.23. The van der Waals surface area contributed by atoms with Crippen LogP contribution >= 0.6 is 0 Å². The highest BCUT2D eigenvalue weighted by atomic mass is 19.1. The topological polar surface area (TPSA) is 85.5 Å². The third-order valence-corrected chi connectivity index (χ3v) is 1.52. The summed E-state index contributed by atoms with van der Waals surface area (Å²) in [5.74, 6) is -1.30. The fourth-order valence-corrected chi connectivity index (χ4v) is 0.842. The monoisotopic (exact) mass is 207 g/mol. The van der Waals surface area contributed by atoms with Crippen molar-refractivity contribution in [3.8, 4) is 6.07 Å². The number of anilines is 1. The van der Waals surface area contributed by atoms with Crippen LogP contribution in [-0.2, 0) is 4.79 Å². The van der Waals surface area contributed by atoms with Crippen LogP contribution in [-0.4, -0.2) is 16.8 Å². The Labute approximate surface area is 84.4 Å². The first kappa shape index (κ1) is 10.7. The molecule has 0 fully saturated rings. The number of nitrogens with zero attached hydrogens (tertiary/aromatic N) is 2. The fraction of sp³-hybridized carbons (Fsp3) is 0. The van der Waals surface area contributed by atoms with Gasteiger partial charge in [-0.05, 0) is 24.3 Å². The first-order valence-electron chi connectivity index (χ1n) is 3.86. The number of halogens is 1. The summed E-state index contributed by atoms with van der Waals surface area (Å²) in [5.41, 5.74) is -0.364. The molecule has 0 radical (unpaired) electrons. The van der Waals surface area contributed by atoms with Crippen molar-refractivity contribution in [1.29, 1.82) is 5.26 Å². The van der Waals surface area contributed by atoms with Crippen molar-refractivity contribution in [2.45, 2.75) is 0 Å². The predicted molar refractivity (Wildman–Crippen MR) is 49.9 cm³/mol. The maximum absolute atomic E-state index is 12.5. The van der Waals surface area contributed by atoms with Gasteiger partial charge in [0.15, 0.2) is 0 Å². The molecule has 0 saturated carbocycles. The number of benzene rings is 1. The summed E-state index contributed by atoms with van der Waals surface area (Å²) in [6.45, 7) is 0. The number of hydrogen-bond donors (Lipinski definition) is 2. The normalized spacial score (nSPS) is 10.5. The van der Waals surface area contributed by atoms with Crippen molar-refractivity contribution >= 4 is 17.3 Å². The lowest BCUT2D eigenvalue weighted by Crippen LogP contribution is -2.21. The van der Waals surface area contributed by atoms with E-state index >= 15 is 0 Å². The van der Waals surface area contributed by atoms with Crippen molar-refractivity contribution < 1.29 is 14.4 Å². The van der Waals surface area contributed by atoms with E-state index in [9.17, 15) is 9.18 Å². The maximum atomic E-state index is 12.5. The quantitative estimate of drug-likeness (QED) is 0.432. The molecule has 0 atom stereocenters. The van der Waals surface area contributed by atoms with E-state index in [1.807, 2.05) is 0 Å². The Morgan fingerprint density at radius 2 is 2.07 bits per heavy atom. The Balaban J connectivity index is 2.76. The van der Waals surface area contributed by atoms with Crippen molar-refractivity contribution in [1.82, 2.24) is 0 Å². The van der Waals surface area contributed by atoms with Crippen LogP contribution in [0.3, 0.4) is 0 Å². The largest absolute Gasteiger partial charge is 0.410 e. The van der Waals surface area contributed by atoms with Crippen molar-refractivity contribution in [3.05, 3.63) is 30.1 Å². The van der Waals surface area contributed by atoms with Crippen LogP contribution < -0.4 is 5.32 Å². The highest BCUT2D eigenvalue weighted by molar-refractivity contribution is 6.48. The predicted octanol–water partition coefficient (Wildman–Crippen LogP) is 1.12. The second-order valence-electron chi connectivity index (χ2n) is 2.52. The highest BCUT2D eigenvalue weighted by Gasteiger charge is 2.11. The summed E-state index contributed by atoms with van der Waals surface area (Å²) >= 11 is 0. The van der Waals surface area contributed by atoms with Gasteiger partial charge in [-0.15, -0.1) is 0 Å². The van der Waals surface area contributed by atoms with E-state index in [1.165, 1.54) is 18.2 Å². The second kappa shape index (κ2) is 4.72. The van der Waals surface area contributed by atoms with Gasteiger partial charge in [0.1, 0.15) is 11.9 Å². The van der Waals surface area contributed by atoms with Crippen molar-refractivity contribution in [2.75, 3.05) is 5.32 Å². The molecule has 0 spiro atoms. The van der Waals surface area contributed by atoms with Gasteiger partial charge in [0, 0.05) is 5.69 Å². The highest BCUT2D eigenvalue weighted by Crippen LogP contribution is 2.07. The molecule has 0 heterocycles. The first-order chi connectivity index (χ1) is 7.17. The average molecular weight is 207 g/mol. The standard InChI is InChI=1S/C9H6FN3O2/c10-6-1-3-7(4-2-6)12-9(14)8(5-11)13-15/h1-4,15H,(H,12,14)/b13-8-. The maximum Gasteiger partial charge on any atom is 0.288 e. The minimum atomic E-state index is -0.855. The van der Waals surface area contributed by atoms with Gasteiger partial charge in [0.05, 0.1) is 0 Å². The third-order valence-electron chi connectivity index (χ3n) is 1.52. The number of amides is 1. The minimum Gasteiger partial charge on any atom is -0.410 e. The molecule has 0 aliphatic carbocycles. The van der Waals surface area contributed by atoms with Gasteiger partial charge in [-0.25, -0.2) is 4.39 Å². The van der Waals surface area contributed by atoms with Gasteiger partial charge in [-0.2, -0.15) is 5.26 Å². The first-order valence-corrected chi connectivity index (χ1v) is 3.86. The van der Waals surface area contributed by atoms with E-state index in [-0.39, 0.29) is 0 Å². The molecular formula is C9H6FN3O2. The van der Waals surface area contributed by atoms with Crippen LogP contribution in [0.15, 0.2) is 29.4 Å². The molecule has 2 N–H and O–H groups in total. The molecule has 1 amide bonds. The molecule has 6 heteroatoms. The summed E-state index contributed by atoms with van der Waals surface area (Å²) < 4.78 is 12.5. The molecule has 0 aliphatic heterocycles. The number of nitriles is 1.